The van der Waals surface area contributed by atoms with Gasteiger partial charge in [-0.1, -0.05) is 26.2 Å². The van der Waals surface area contributed by atoms with Crippen molar-refractivity contribution in [1.82, 2.24) is 5.32 Å². The first-order valence-electron chi connectivity index (χ1n) is 8.10. The van der Waals surface area contributed by atoms with E-state index in [-0.39, 0.29) is 18.4 Å². The van der Waals surface area contributed by atoms with E-state index in [1.165, 1.54) is 19.3 Å². The molecule has 0 aromatic heterocycles. The van der Waals surface area contributed by atoms with Crippen LogP contribution in [0.5, 0.6) is 0 Å². The first kappa shape index (κ1) is 16.3. The van der Waals surface area contributed by atoms with Gasteiger partial charge in [0.15, 0.2) is 0 Å². The van der Waals surface area contributed by atoms with Gasteiger partial charge < -0.3 is 16.0 Å². The average molecular weight is 303 g/mol. The number of benzene rings is 1. The van der Waals surface area contributed by atoms with Gasteiger partial charge in [-0.25, -0.2) is 0 Å². The Hall–Kier alpha value is -2.04. The summed E-state index contributed by atoms with van der Waals surface area (Å²) in [6, 6.07) is 7.72. The number of hydrogen-bond donors (Lipinski definition) is 3. The van der Waals surface area contributed by atoms with Crippen molar-refractivity contribution in [3.63, 3.8) is 0 Å². The molecule has 1 saturated carbocycles. The zero-order valence-corrected chi connectivity index (χ0v) is 13.2. The Bertz CT molecular complexity index is 493. The second-order valence-corrected chi connectivity index (χ2v) is 5.74. The molecule has 1 aliphatic rings. The standard InChI is InChI=1S/C17H25N3O2/c1-2-16(21)19-15-10-8-13(9-11-15)18-12-17(22)20-14-6-4-3-5-7-14/h8-11,14,18H,2-7,12H2,1H3,(H,19,21)(H,20,22). The van der Waals surface area contributed by atoms with Gasteiger partial charge in [-0.3, -0.25) is 9.59 Å². The second kappa shape index (κ2) is 8.41. The molecule has 5 nitrogen and oxygen atoms in total. The number of rotatable bonds is 6. The highest BCUT2D eigenvalue weighted by molar-refractivity contribution is 5.90. The van der Waals surface area contributed by atoms with Crippen LogP contribution in [-0.4, -0.2) is 24.4 Å². The Morgan fingerprint density at radius 1 is 1.00 bits per heavy atom. The molecule has 0 aliphatic heterocycles. The smallest absolute Gasteiger partial charge is 0.239 e. The molecule has 120 valence electrons. The van der Waals surface area contributed by atoms with E-state index in [2.05, 4.69) is 16.0 Å². The number of carbonyl (C=O) groups excluding carboxylic acids is 2. The summed E-state index contributed by atoms with van der Waals surface area (Å²) >= 11 is 0. The molecule has 2 rings (SSSR count). The maximum atomic E-state index is 11.9. The van der Waals surface area contributed by atoms with Gasteiger partial charge in [0.1, 0.15) is 0 Å². The van der Waals surface area contributed by atoms with E-state index >= 15 is 0 Å². The van der Waals surface area contributed by atoms with Gasteiger partial charge in [0, 0.05) is 23.8 Å². The monoisotopic (exact) mass is 303 g/mol. The molecule has 1 aromatic rings. The predicted molar refractivity (Wildman–Crippen MR) is 88.9 cm³/mol. The van der Waals surface area contributed by atoms with Gasteiger partial charge in [-0.05, 0) is 37.1 Å². The molecule has 5 heteroatoms. The van der Waals surface area contributed by atoms with Crippen LogP contribution in [0.3, 0.4) is 0 Å². The summed E-state index contributed by atoms with van der Waals surface area (Å²) in [5, 5.41) is 8.97. The lowest BCUT2D eigenvalue weighted by molar-refractivity contribution is -0.120. The molecule has 0 bridgehead atoms. The third-order valence-electron chi connectivity index (χ3n) is 3.91. The van der Waals surface area contributed by atoms with E-state index in [9.17, 15) is 9.59 Å². The molecule has 0 saturated heterocycles. The van der Waals surface area contributed by atoms with Crippen molar-refractivity contribution in [2.45, 2.75) is 51.5 Å². The number of hydrogen-bond acceptors (Lipinski definition) is 3. The Balaban J connectivity index is 1.73. The minimum absolute atomic E-state index is 0.00688. The van der Waals surface area contributed by atoms with Crippen molar-refractivity contribution in [3.8, 4) is 0 Å². The van der Waals surface area contributed by atoms with Gasteiger partial charge in [-0.15, -0.1) is 0 Å². The van der Waals surface area contributed by atoms with Crippen LogP contribution in [0.15, 0.2) is 24.3 Å². The normalized spacial score (nSPS) is 15.1. The van der Waals surface area contributed by atoms with Gasteiger partial charge in [0.25, 0.3) is 0 Å². The minimum Gasteiger partial charge on any atom is -0.376 e. The molecular formula is C17H25N3O2. The van der Waals surface area contributed by atoms with Crippen molar-refractivity contribution in [2.75, 3.05) is 17.2 Å². The third-order valence-corrected chi connectivity index (χ3v) is 3.91. The van der Waals surface area contributed by atoms with Crippen molar-refractivity contribution >= 4 is 23.2 Å². The molecule has 2 amide bonds. The maximum absolute atomic E-state index is 11.9. The summed E-state index contributed by atoms with van der Waals surface area (Å²) in [4.78, 5) is 23.2. The summed E-state index contributed by atoms with van der Waals surface area (Å²) < 4.78 is 0. The summed E-state index contributed by atoms with van der Waals surface area (Å²) in [6.45, 7) is 2.09. The van der Waals surface area contributed by atoms with E-state index in [1.807, 2.05) is 31.2 Å². The largest absolute Gasteiger partial charge is 0.376 e. The van der Waals surface area contributed by atoms with Gasteiger partial charge >= 0.3 is 0 Å². The van der Waals surface area contributed by atoms with Crippen LogP contribution in [0, 0.1) is 0 Å². The number of nitrogens with one attached hydrogen (secondary N) is 3. The van der Waals surface area contributed by atoms with Crippen LogP contribution < -0.4 is 16.0 Å². The van der Waals surface area contributed by atoms with Crippen molar-refractivity contribution in [3.05, 3.63) is 24.3 Å². The van der Waals surface area contributed by atoms with E-state index in [4.69, 9.17) is 0 Å². The molecule has 22 heavy (non-hydrogen) atoms. The molecule has 1 aromatic carbocycles. The molecule has 0 heterocycles. The fourth-order valence-electron chi connectivity index (χ4n) is 2.63. The van der Waals surface area contributed by atoms with Crippen molar-refractivity contribution < 1.29 is 9.59 Å². The SMILES string of the molecule is CCC(=O)Nc1ccc(NCC(=O)NC2CCCCC2)cc1. The van der Waals surface area contributed by atoms with Gasteiger partial charge in [0.05, 0.1) is 6.54 Å². The fraction of sp³-hybridized carbons (Fsp3) is 0.529. The average Bonchev–Trinajstić information content (AvgIpc) is 2.55. The summed E-state index contributed by atoms with van der Waals surface area (Å²) in [5.74, 6) is 0.0304. The van der Waals surface area contributed by atoms with E-state index in [1.54, 1.807) is 0 Å². The Morgan fingerprint density at radius 2 is 1.64 bits per heavy atom. The molecule has 1 fully saturated rings. The third kappa shape index (κ3) is 5.39. The predicted octanol–water partition coefficient (Wildman–Crippen LogP) is 2.90. The van der Waals surface area contributed by atoms with Crippen LogP contribution >= 0.6 is 0 Å². The van der Waals surface area contributed by atoms with E-state index in [0.717, 1.165) is 24.2 Å². The Kier molecular flexibility index (Phi) is 6.25. The molecule has 3 N–H and O–H groups in total. The first-order chi connectivity index (χ1) is 10.7. The topological polar surface area (TPSA) is 70.2 Å². The minimum atomic E-state index is -0.00688. The second-order valence-electron chi connectivity index (χ2n) is 5.74. The Labute approximate surface area is 131 Å². The number of anilines is 2. The first-order valence-corrected chi connectivity index (χ1v) is 8.10. The summed E-state index contributed by atoms with van der Waals surface area (Å²) in [7, 11) is 0. The van der Waals surface area contributed by atoms with Gasteiger partial charge in [-0.2, -0.15) is 0 Å². The quantitative estimate of drug-likeness (QED) is 0.757. The van der Waals surface area contributed by atoms with E-state index < -0.39 is 0 Å². The van der Waals surface area contributed by atoms with Crippen LogP contribution in [0.4, 0.5) is 11.4 Å². The number of amides is 2. The van der Waals surface area contributed by atoms with Crippen LogP contribution in [0.1, 0.15) is 45.4 Å². The summed E-state index contributed by atoms with van der Waals surface area (Å²) in [6.07, 6.45) is 6.36. The number of carbonyl (C=O) groups is 2. The highest BCUT2D eigenvalue weighted by Crippen LogP contribution is 2.17. The van der Waals surface area contributed by atoms with Crippen LogP contribution in [0.2, 0.25) is 0 Å². The fourth-order valence-corrected chi connectivity index (χ4v) is 2.63. The highest BCUT2D eigenvalue weighted by atomic mass is 16.2. The molecule has 0 radical (unpaired) electrons. The van der Waals surface area contributed by atoms with Gasteiger partial charge in [0.2, 0.25) is 11.8 Å². The van der Waals surface area contributed by atoms with Crippen molar-refractivity contribution in [2.24, 2.45) is 0 Å². The lowest BCUT2D eigenvalue weighted by atomic mass is 9.95. The van der Waals surface area contributed by atoms with E-state index in [0.29, 0.717) is 12.5 Å². The molecule has 1 aliphatic carbocycles. The zero-order valence-electron chi connectivity index (χ0n) is 13.2. The van der Waals surface area contributed by atoms with Crippen LogP contribution in [0.25, 0.3) is 0 Å². The van der Waals surface area contributed by atoms with Crippen LogP contribution in [-0.2, 0) is 9.59 Å². The zero-order chi connectivity index (χ0) is 15.8. The molecule has 0 spiro atoms. The lowest BCUT2D eigenvalue weighted by Crippen LogP contribution is -2.39. The highest BCUT2D eigenvalue weighted by Gasteiger charge is 2.15. The van der Waals surface area contributed by atoms with Crippen molar-refractivity contribution in [1.29, 1.82) is 0 Å². The molecule has 0 atom stereocenters. The maximum Gasteiger partial charge on any atom is 0.239 e. The summed E-state index contributed by atoms with van der Waals surface area (Å²) in [5.41, 5.74) is 1.64. The molecular weight excluding hydrogens is 278 g/mol. The molecule has 0 unspecified atom stereocenters. The lowest BCUT2D eigenvalue weighted by Gasteiger charge is -2.22. The Morgan fingerprint density at radius 3 is 2.27 bits per heavy atom.